The molecule has 0 spiro atoms. The van der Waals surface area contributed by atoms with Crippen molar-refractivity contribution in [2.75, 3.05) is 0 Å². The maximum absolute atomic E-state index is 6.69. The predicted molar refractivity (Wildman–Crippen MR) is 193 cm³/mol. The highest BCUT2D eigenvalue weighted by molar-refractivity contribution is 6.98. The highest BCUT2D eigenvalue weighted by atomic mass is 16.5. The third-order valence-electron chi connectivity index (χ3n) is 10.0. The van der Waals surface area contributed by atoms with Crippen LogP contribution < -0.4 is 25.9 Å². The minimum absolute atomic E-state index is 0.0447. The fourth-order valence-corrected chi connectivity index (χ4v) is 8.14. The predicted octanol–water partition coefficient (Wildman–Crippen LogP) is 8.61. The summed E-state index contributed by atoms with van der Waals surface area (Å²) >= 11 is 0. The molecule has 0 N–H and O–H groups in total. The van der Waals surface area contributed by atoms with Crippen molar-refractivity contribution in [1.29, 1.82) is 0 Å². The summed E-state index contributed by atoms with van der Waals surface area (Å²) in [5.41, 5.74) is 10.2. The van der Waals surface area contributed by atoms with Gasteiger partial charge in [-0.1, -0.05) is 97.1 Å². The molecule has 0 radical (unpaired) electrons. The minimum Gasteiger partial charge on any atom is -0.458 e. The van der Waals surface area contributed by atoms with Gasteiger partial charge < -0.3 is 18.6 Å². The van der Waals surface area contributed by atoms with Gasteiger partial charge in [-0.3, -0.25) is 0 Å². The third kappa shape index (κ3) is 3.32. The van der Waals surface area contributed by atoms with Gasteiger partial charge in [0.1, 0.15) is 23.0 Å². The lowest BCUT2D eigenvalue weighted by molar-refractivity contribution is 0.464. The van der Waals surface area contributed by atoms with Gasteiger partial charge in [-0.15, -0.1) is 0 Å². The lowest BCUT2D eigenvalue weighted by atomic mass is 9.35. The van der Waals surface area contributed by atoms with Crippen molar-refractivity contribution >= 4 is 66.7 Å². The molecule has 0 saturated carbocycles. The number of ether oxygens (including phenoxy) is 2. The molecule has 4 heterocycles. The number of benzene rings is 7. The van der Waals surface area contributed by atoms with E-state index in [1.165, 1.54) is 32.6 Å². The van der Waals surface area contributed by atoms with Gasteiger partial charge in [-0.25, -0.2) is 0 Å². The zero-order chi connectivity index (χ0) is 30.6. The van der Waals surface area contributed by atoms with Crippen LogP contribution in [0.5, 0.6) is 23.0 Å². The number of aromatic nitrogens is 2. The molecule has 0 unspecified atom stereocenters. The quantitative estimate of drug-likeness (QED) is 0.186. The van der Waals surface area contributed by atoms with Crippen molar-refractivity contribution in [2.24, 2.45) is 0 Å². The van der Waals surface area contributed by atoms with Crippen LogP contribution >= 0.6 is 0 Å². The van der Waals surface area contributed by atoms with E-state index < -0.39 is 0 Å². The van der Waals surface area contributed by atoms with Crippen LogP contribution in [0.25, 0.3) is 55.0 Å². The van der Waals surface area contributed by atoms with E-state index in [1.54, 1.807) is 0 Å². The van der Waals surface area contributed by atoms with E-state index in [2.05, 4.69) is 149 Å². The zero-order valence-electron chi connectivity index (χ0n) is 25.2. The van der Waals surface area contributed by atoms with Crippen molar-refractivity contribution in [1.82, 2.24) is 9.13 Å². The van der Waals surface area contributed by atoms with Gasteiger partial charge in [-0.05, 0) is 53.4 Å². The highest BCUT2D eigenvalue weighted by Gasteiger charge is 2.40. The van der Waals surface area contributed by atoms with Crippen molar-refractivity contribution < 1.29 is 9.47 Å². The number of rotatable bonds is 2. The first-order valence-electron chi connectivity index (χ1n) is 16.1. The van der Waals surface area contributed by atoms with Crippen LogP contribution in [0, 0.1) is 0 Å². The molecule has 0 saturated heterocycles. The number of para-hydroxylation sites is 5. The summed E-state index contributed by atoms with van der Waals surface area (Å²) in [6.07, 6.45) is 0. The Balaban J connectivity index is 1.25. The molecule has 2 aliphatic rings. The topological polar surface area (TPSA) is 28.3 Å². The summed E-state index contributed by atoms with van der Waals surface area (Å²) in [6.45, 7) is 0.0447. The maximum Gasteiger partial charge on any atom is 0.260 e. The summed E-state index contributed by atoms with van der Waals surface area (Å²) < 4.78 is 18.2. The van der Waals surface area contributed by atoms with E-state index >= 15 is 0 Å². The molecule has 47 heavy (non-hydrogen) atoms. The SMILES string of the molecule is c1ccc(-n2c3ccccc3c3ccc4c(c5ccccc5n4-c4cc5c6c(c4)Oc4ccccc4B6c4ccccc4O5)c32)cc1. The largest absolute Gasteiger partial charge is 0.458 e. The first-order valence-corrected chi connectivity index (χ1v) is 16.1. The van der Waals surface area contributed by atoms with E-state index in [4.69, 9.17) is 9.47 Å². The summed E-state index contributed by atoms with van der Waals surface area (Å²) in [4.78, 5) is 0. The molecule has 5 heteroatoms. The van der Waals surface area contributed by atoms with Crippen LogP contribution in [0.2, 0.25) is 0 Å². The van der Waals surface area contributed by atoms with Crippen LogP contribution in [-0.2, 0) is 0 Å². The van der Waals surface area contributed by atoms with Gasteiger partial charge in [0.15, 0.2) is 0 Å². The number of nitrogens with zero attached hydrogens (tertiary/aromatic N) is 2. The lowest BCUT2D eigenvalue weighted by Gasteiger charge is -2.33. The molecule has 0 fully saturated rings. The van der Waals surface area contributed by atoms with Crippen LogP contribution in [0.4, 0.5) is 0 Å². The third-order valence-corrected chi connectivity index (χ3v) is 10.0. The van der Waals surface area contributed by atoms with E-state index in [0.29, 0.717) is 0 Å². The summed E-state index contributed by atoms with van der Waals surface area (Å²) in [6, 6.07) is 53.9. The Kier molecular flexibility index (Phi) is 4.89. The van der Waals surface area contributed by atoms with Crippen LogP contribution in [-0.4, -0.2) is 15.8 Å². The molecule has 0 atom stereocenters. The van der Waals surface area contributed by atoms with Crippen LogP contribution in [0.3, 0.4) is 0 Å². The monoisotopic (exact) mass is 600 g/mol. The van der Waals surface area contributed by atoms with Gasteiger partial charge in [0.25, 0.3) is 6.71 Å². The Morgan fingerprint density at radius 3 is 1.68 bits per heavy atom. The average molecular weight is 600 g/mol. The van der Waals surface area contributed by atoms with E-state index in [-0.39, 0.29) is 6.71 Å². The van der Waals surface area contributed by atoms with E-state index in [9.17, 15) is 0 Å². The van der Waals surface area contributed by atoms with Crippen molar-refractivity contribution in [3.8, 4) is 34.4 Å². The van der Waals surface area contributed by atoms with E-state index in [0.717, 1.165) is 61.8 Å². The summed E-state index contributed by atoms with van der Waals surface area (Å²) in [5, 5.41) is 4.91. The van der Waals surface area contributed by atoms with Gasteiger partial charge in [0.05, 0.1) is 27.8 Å². The molecule has 0 amide bonds. The first-order chi connectivity index (χ1) is 23.3. The van der Waals surface area contributed by atoms with Crippen molar-refractivity contribution in [3.05, 3.63) is 152 Å². The summed E-state index contributed by atoms with van der Waals surface area (Å²) in [7, 11) is 0. The Hall–Kier alpha value is -6.20. The average Bonchev–Trinajstić information content (AvgIpc) is 3.64. The Bertz CT molecular complexity index is 2690. The molecule has 2 aliphatic heterocycles. The lowest BCUT2D eigenvalue weighted by Crippen LogP contribution is -2.57. The fraction of sp³-hybridized carbons (Fsp3) is 0. The molecule has 4 nitrogen and oxygen atoms in total. The van der Waals surface area contributed by atoms with Gasteiger partial charge in [-0.2, -0.15) is 0 Å². The van der Waals surface area contributed by atoms with Crippen molar-refractivity contribution in [2.45, 2.75) is 0 Å². The van der Waals surface area contributed by atoms with Crippen LogP contribution in [0.15, 0.2) is 152 Å². The Morgan fingerprint density at radius 2 is 0.979 bits per heavy atom. The summed E-state index contributed by atoms with van der Waals surface area (Å²) in [5.74, 6) is 3.45. The van der Waals surface area contributed by atoms with Crippen LogP contribution in [0.1, 0.15) is 0 Å². The highest BCUT2D eigenvalue weighted by Crippen LogP contribution is 2.43. The van der Waals surface area contributed by atoms with E-state index in [1.807, 2.05) is 12.1 Å². The van der Waals surface area contributed by atoms with Crippen molar-refractivity contribution in [3.63, 3.8) is 0 Å². The van der Waals surface area contributed by atoms with Gasteiger partial charge in [0.2, 0.25) is 0 Å². The second-order valence-electron chi connectivity index (χ2n) is 12.5. The Morgan fingerprint density at radius 1 is 0.404 bits per heavy atom. The van der Waals surface area contributed by atoms with Gasteiger partial charge >= 0.3 is 0 Å². The molecule has 7 aromatic carbocycles. The fourth-order valence-electron chi connectivity index (χ4n) is 8.14. The zero-order valence-corrected chi connectivity index (χ0v) is 25.2. The second kappa shape index (κ2) is 9.18. The molecule has 218 valence electrons. The second-order valence-corrected chi connectivity index (χ2v) is 12.5. The van der Waals surface area contributed by atoms with Gasteiger partial charge in [0, 0.05) is 44.8 Å². The molecular weight excluding hydrogens is 575 g/mol. The Labute approximate surface area is 270 Å². The molecule has 9 aromatic rings. The molecule has 0 bridgehead atoms. The minimum atomic E-state index is 0.0447. The number of hydrogen-bond acceptors (Lipinski definition) is 2. The molecule has 2 aromatic heterocycles. The maximum atomic E-state index is 6.69. The normalized spacial score (nSPS) is 13.0. The number of hydrogen-bond donors (Lipinski definition) is 0. The number of fused-ring (bicyclic) bond motifs is 11. The first kappa shape index (κ1) is 25.0. The molecular formula is C42H25BN2O2. The smallest absolute Gasteiger partial charge is 0.260 e. The molecule has 0 aliphatic carbocycles. The standard InChI is InChI=1S/C42H25BN2O2/c1-2-12-26(13-3-1)45-33-18-8-4-14-28(33)29-22-23-35-40(42(29)45)30-15-5-9-19-34(30)44(35)27-24-38-41-39(25-27)47-37-21-11-7-17-32(37)43(41)31-16-6-10-20-36(31)46-38/h1-25H. The molecule has 11 rings (SSSR count).